The summed E-state index contributed by atoms with van der Waals surface area (Å²) in [4.78, 5) is 28.4. The molecular formula is C18H21N3O2S. The topological polar surface area (TPSA) is 96.3 Å². The number of thioether (sulfide) groups is 1. The summed E-state index contributed by atoms with van der Waals surface area (Å²) in [7, 11) is 0. The van der Waals surface area contributed by atoms with Crippen LogP contribution in [0.15, 0.2) is 27.7 Å². The summed E-state index contributed by atoms with van der Waals surface area (Å²) >= 11 is 1.23. The third kappa shape index (κ3) is 3.32. The van der Waals surface area contributed by atoms with Gasteiger partial charge in [0.1, 0.15) is 10.8 Å². The van der Waals surface area contributed by atoms with Crippen LogP contribution in [0.1, 0.15) is 38.5 Å². The van der Waals surface area contributed by atoms with Gasteiger partial charge in [-0.1, -0.05) is 23.9 Å². The van der Waals surface area contributed by atoms with Crippen LogP contribution in [-0.2, 0) is 9.59 Å². The van der Waals surface area contributed by atoms with E-state index in [4.69, 9.17) is 5.73 Å². The molecule has 0 spiro atoms. The van der Waals surface area contributed by atoms with Crippen LogP contribution in [0.5, 0.6) is 0 Å². The number of aliphatic imine (C=N–C) groups is 1. The van der Waals surface area contributed by atoms with Crippen molar-refractivity contribution >= 4 is 29.2 Å². The summed E-state index contributed by atoms with van der Waals surface area (Å²) in [5.41, 5.74) is 6.73. The average molecular weight is 343 g/mol. The third-order valence-corrected chi connectivity index (χ3v) is 6.03. The first kappa shape index (κ1) is 17.0. The quantitative estimate of drug-likeness (QED) is 0.794. The number of ketones is 1. The van der Waals surface area contributed by atoms with Crippen LogP contribution in [0.25, 0.3) is 0 Å². The van der Waals surface area contributed by atoms with Gasteiger partial charge in [0.25, 0.3) is 0 Å². The van der Waals surface area contributed by atoms with Crippen molar-refractivity contribution in [2.24, 2.45) is 28.5 Å². The molecule has 1 unspecified atom stereocenters. The van der Waals surface area contributed by atoms with Crippen molar-refractivity contribution in [1.29, 1.82) is 5.26 Å². The number of hydrogen-bond donors (Lipinski definition) is 1. The molecule has 3 rings (SSSR count). The Morgan fingerprint density at radius 3 is 2.92 bits per heavy atom. The van der Waals surface area contributed by atoms with Gasteiger partial charge in [0.05, 0.1) is 23.3 Å². The highest BCUT2D eigenvalue weighted by Gasteiger charge is 2.44. The van der Waals surface area contributed by atoms with Gasteiger partial charge in [-0.3, -0.25) is 9.59 Å². The molecular weight excluding hydrogens is 322 g/mol. The zero-order valence-corrected chi connectivity index (χ0v) is 14.3. The van der Waals surface area contributed by atoms with Crippen molar-refractivity contribution in [2.75, 3.05) is 5.75 Å². The molecule has 126 valence electrons. The lowest BCUT2D eigenvalue weighted by Crippen LogP contribution is -2.41. The average Bonchev–Trinajstić information content (AvgIpc) is 2.59. The number of amides is 1. The predicted molar refractivity (Wildman–Crippen MR) is 94.0 cm³/mol. The molecule has 3 aliphatic rings. The molecule has 3 atom stereocenters. The Balaban J connectivity index is 2.01. The van der Waals surface area contributed by atoms with E-state index in [2.05, 4.69) is 23.2 Å². The fourth-order valence-electron chi connectivity index (χ4n) is 4.00. The van der Waals surface area contributed by atoms with Crippen molar-refractivity contribution in [2.45, 2.75) is 38.5 Å². The van der Waals surface area contributed by atoms with E-state index in [0.29, 0.717) is 17.0 Å². The Morgan fingerprint density at radius 2 is 2.25 bits per heavy atom. The largest absolute Gasteiger partial charge is 0.369 e. The molecule has 24 heavy (non-hydrogen) atoms. The van der Waals surface area contributed by atoms with E-state index in [1.165, 1.54) is 11.8 Å². The molecule has 6 heteroatoms. The molecule has 1 heterocycles. The van der Waals surface area contributed by atoms with Gasteiger partial charge in [0.2, 0.25) is 5.91 Å². The minimum atomic E-state index is -0.427. The van der Waals surface area contributed by atoms with Crippen LogP contribution < -0.4 is 5.73 Å². The van der Waals surface area contributed by atoms with Crippen LogP contribution in [0, 0.1) is 29.1 Å². The number of carbonyl (C=O) groups is 2. The molecule has 0 aromatic carbocycles. The summed E-state index contributed by atoms with van der Waals surface area (Å²) in [6, 6.07) is 2.30. The fraction of sp³-hybridized carbons (Fsp3) is 0.556. The minimum absolute atomic E-state index is 0.101. The molecule has 0 radical (unpaired) electrons. The van der Waals surface area contributed by atoms with E-state index in [1.54, 1.807) is 0 Å². The van der Waals surface area contributed by atoms with Crippen LogP contribution in [0.2, 0.25) is 0 Å². The molecule has 0 saturated heterocycles. The normalized spacial score (nSPS) is 29.7. The molecule has 5 nitrogen and oxygen atoms in total. The maximum absolute atomic E-state index is 12.6. The van der Waals surface area contributed by atoms with Gasteiger partial charge < -0.3 is 5.73 Å². The zero-order valence-electron chi connectivity index (χ0n) is 13.5. The van der Waals surface area contributed by atoms with Crippen LogP contribution >= 0.6 is 11.8 Å². The summed E-state index contributed by atoms with van der Waals surface area (Å²) in [5.74, 6) is -0.173. The van der Waals surface area contributed by atoms with Crippen molar-refractivity contribution < 1.29 is 9.59 Å². The standard InChI is InChI=1S/C18H21N3O2S/c19-9-12-16(11-5-2-1-3-6-11)17-13(7-4-8-14(17)22)21-18(12)24-10-15(20)23/h1-2,11,16-17H,3-8,10H2,(H2,20,23)/t11-,16+,17?/m1/s1. The molecule has 2 N–H and O–H groups in total. The highest BCUT2D eigenvalue weighted by molar-refractivity contribution is 8.03. The number of nitriles is 1. The van der Waals surface area contributed by atoms with Gasteiger partial charge in [-0.05, 0) is 38.0 Å². The SMILES string of the molecule is N#CC1=C(SCC(N)=O)N=C2CCCC(=O)C2[C@H]1[C@@H]1CC=CCC1. The number of nitrogens with zero attached hydrogens (tertiary/aromatic N) is 2. The number of allylic oxidation sites excluding steroid dienone is 3. The number of rotatable bonds is 4. The smallest absolute Gasteiger partial charge is 0.227 e. The van der Waals surface area contributed by atoms with Crippen LogP contribution in [-0.4, -0.2) is 23.2 Å². The lowest BCUT2D eigenvalue weighted by Gasteiger charge is -2.39. The summed E-state index contributed by atoms with van der Waals surface area (Å²) in [6.07, 6.45) is 9.36. The van der Waals surface area contributed by atoms with Crippen LogP contribution in [0.4, 0.5) is 0 Å². The number of fused-ring (bicyclic) bond motifs is 1. The Kier molecular flexibility index (Phi) is 5.20. The van der Waals surface area contributed by atoms with Crippen molar-refractivity contribution in [3.8, 4) is 6.07 Å². The first-order chi connectivity index (χ1) is 11.6. The van der Waals surface area contributed by atoms with E-state index < -0.39 is 5.91 Å². The molecule has 1 aliphatic heterocycles. The van der Waals surface area contributed by atoms with E-state index in [-0.39, 0.29) is 29.3 Å². The predicted octanol–water partition coefficient (Wildman–Crippen LogP) is 2.74. The first-order valence-electron chi connectivity index (χ1n) is 8.42. The second-order valence-electron chi connectivity index (χ2n) is 6.56. The van der Waals surface area contributed by atoms with Crippen molar-refractivity contribution in [1.82, 2.24) is 0 Å². The maximum Gasteiger partial charge on any atom is 0.227 e. The van der Waals surface area contributed by atoms with Gasteiger partial charge in [-0.15, -0.1) is 0 Å². The summed E-state index contributed by atoms with van der Waals surface area (Å²) in [5, 5.41) is 10.4. The fourth-order valence-corrected chi connectivity index (χ4v) is 4.79. The summed E-state index contributed by atoms with van der Waals surface area (Å²) < 4.78 is 0. The van der Waals surface area contributed by atoms with Crippen molar-refractivity contribution in [3.63, 3.8) is 0 Å². The van der Waals surface area contributed by atoms with Gasteiger partial charge in [-0.25, -0.2) is 4.99 Å². The van der Waals surface area contributed by atoms with Crippen LogP contribution in [0.3, 0.4) is 0 Å². The Morgan fingerprint density at radius 1 is 1.42 bits per heavy atom. The second kappa shape index (κ2) is 7.35. The Bertz CT molecular complexity index is 687. The van der Waals surface area contributed by atoms with E-state index >= 15 is 0 Å². The second-order valence-corrected chi connectivity index (χ2v) is 7.52. The molecule has 1 saturated carbocycles. The first-order valence-corrected chi connectivity index (χ1v) is 9.41. The van der Waals surface area contributed by atoms with E-state index in [1.807, 2.05) is 0 Å². The highest BCUT2D eigenvalue weighted by Crippen LogP contribution is 2.45. The van der Waals surface area contributed by atoms with Gasteiger partial charge >= 0.3 is 0 Å². The van der Waals surface area contributed by atoms with Gasteiger partial charge in [0, 0.05) is 18.1 Å². The Labute approximate surface area is 146 Å². The number of nitrogens with two attached hydrogens (primary N) is 1. The minimum Gasteiger partial charge on any atom is -0.369 e. The lowest BCUT2D eigenvalue weighted by atomic mass is 9.66. The van der Waals surface area contributed by atoms with E-state index in [9.17, 15) is 14.9 Å². The molecule has 0 aromatic heterocycles. The number of hydrogen-bond acceptors (Lipinski definition) is 5. The molecule has 2 aliphatic carbocycles. The number of Topliss-reactive ketones (excluding diaryl/α,β-unsaturated/α-hetero) is 1. The molecule has 1 fully saturated rings. The van der Waals surface area contributed by atoms with E-state index in [0.717, 1.165) is 37.8 Å². The molecule has 1 amide bonds. The number of carbonyl (C=O) groups excluding carboxylic acids is 2. The Hall–Kier alpha value is -1.87. The van der Waals surface area contributed by atoms with Gasteiger partial charge in [-0.2, -0.15) is 5.26 Å². The summed E-state index contributed by atoms with van der Waals surface area (Å²) in [6.45, 7) is 0. The monoisotopic (exact) mass is 343 g/mol. The third-order valence-electron chi connectivity index (χ3n) is 5.02. The maximum atomic E-state index is 12.6. The number of primary amides is 1. The molecule has 0 bridgehead atoms. The lowest BCUT2D eigenvalue weighted by molar-refractivity contribution is -0.123. The van der Waals surface area contributed by atoms with Crippen molar-refractivity contribution in [3.05, 3.63) is 22.8 Å². The highest BCUT2D eigenvalue weighted by atomic mass is 32.2. The molecule has 0 aromatic rings. The van der Waals surface area contributed by atoms with Gasteiger partial charge in [0.15, 0.2) is 0 Å². The zero-order chi connectivity index (χ0) is 17.1.